The van der Waals surface area contributed by atoms with E-state index in [9.17, 15) is 4.79 Å². The number of aromatic nitrogens is 2. The molecule has 0 bridgehead atoms. The standard InChI is InChI=1S/C15H19N3O2S2/c1-3-20-13(19)5-4-10-21-15-18-17-14(22-15)16-12-8-6-11(2)7-9-12/h6-9H,3-5,10H2,1-2H3,(H,16,17). The van der Waals surface area contributed by atoms with Gasteiger partial charge in [-0.05, 0) is 32.4 Å². The van der Waals surface area contributed by atoms with E-state index in [0.29, 0.717) is 13.0 Å². The second-order valence-electron chi connectivity index (χ2n) is 4.62. The largest absolute Gasteiger partial charge is 0.466 e. The zero-order valence-corrected chi connectivity index (χ0v) is 14.3. The SMILES string of the molecule is CCOC(=O)CCCSc1nnc(Nc2ccc(C)cc2)s1. The smallest absolute Gasteiger partial charge is 0.305 e. The minimum atomic E-state index is -0.137. The van der Waals surface area contributed by atoms with Gasteiger partial charge in [-0.25, -0.2) is 0 Å². The minimum absolute atomic E-state index is 0.137. The molecule has 7 heteroatoms. The van der Waals surface area contributed by atoms with Gasteiger partial charge in [0.2, 0.25) is 5.13 Å². The van der Waals surface area contributed by atoms with E-state index in [1.54, 1.807) is 11.8 Å². The Morgan fingerprint density at radius 3 is 2.82 bits per heavy atom. The van der Waals surface area contributed by atoms with Gasteiger partial charge < -0.3 is 10.1 Å². The summed E-state index contributed by atoms with van der Waals surface area (Å²) >= 11 is 3.13. The summed E-state index contributed by atoms with van der Waals surface area (Å²) < 4.78 is 5.79. The number of ether oxygens (including phenoxy) is 1. The van der Waals surface area contributed by atoms with Gasteiger partial charge in [-0.1, -0.05) is 40.8 Å². The highest BCUT2D eigenvalue weighted by molar-refractivity contribution is 8.01. The van der Waals surface area contributed by atoms with E-state index < -0.39 is 0 Å². The number of aryl methyl sites for hydroxylation is 1. The lowest BCUT2D eigenvalue weighted by Gasteiger charge is -2.01. The fourth-order valence-electron chi connectivity index (χ4n) is 1.69. The van der Waals surface area contributed by atoms with Crippen molar-refractivity contribution >= 4 is 39.9 Å². The molecule has 2 aromatic rings. The first-order valence-electron chi connectivity index (χ1n) is 7.13. The molecule has 0 fully saturated rings. The third kappa shape index (κ3) is 5.65. The number of hydrogen-bond donors (Lipinski definition) is 1. The Labute approximate surface area is 138 Å². The van der Waals surface area contributed by atoms with Crippen LogP contribution in [0.15, 0.2) is 28.6 Å². The summed E-state index contributed by atoms with van der Waals surface area (Å²) in [6.07, 6.45) is 1.23. The molecule has 1 aromatic heterocycles. The maximum Gasteiger partial charge on any atom is 0.305 e. The molecule has 5 nitrogen and oxygen atoms in total. The molecule has 1 N–H and O–H groups in total. The van der Waals surface area contributed by atoms with Gasteiger partial charge in [-0.2, -0.15) is 0 Å². The van der Waals surface area contributed by atoms with Gasteiger partial charge in [0, 0.05) is 17.9 Å². The van der Waals surface area contributed by atoms with Crippen molar-refractivity contribution in [1.82, 2.24) is 10.2 Å². The van der Waals surface area contributed by atoms with Crippen molar-refractivity contribution in [2.45, 2.75) is 31.0 Å². The molecule has 0 spiro atoms. The fraction of sp³-hybridized carbons (Fsp3) is 0.400. The number of carbonyl (C=O) groups is 1. The number of nitrogens with zero attached hydrogens (tertiary/aromatic N) is 2. The Morgan fingerprint density at radius 1 is 1.32 bits per heavy atom. The van der Waals surface area contributed by atoms with Crippen molar-refractivity contribution in [1.29, 1.82) is 0 Å². The van der Waals surface area contributed by atoms with Crippen LogP contribution in [-0.2, 0) is 9.53 Å². The lowest BCUT2D eigenvalue weighted by atomic mass is 10.2. The number of rotatable bonds is 8. The summed E-state index contributed by atoms with van der Waals surface area (Å²) in [4.78, 5) is 11.2. The number of carbonyl (C=O) groups excluding carboxylic acids is 1. The van der Waals surface area contributed by atoms with Gasteiger partial charge in [0.05, 0.1) is 6.61 Å². The van der Waals surface area contributed by atoms with E-state index in [1.165, 1.54) is 16.9 Å². The number of esters is 1. The molecule has 0 saturated heterocycles. The number of nitrogens with one attached hydrogen (secondary N) is 1. The number of thioether (sulfide) groups is 1. The van der Waals surface area contributed by atoms with Crippen LogP contribution in [0.1, 0.15) is 25.3 Å². The predicted octanol–water partition coefficient (Wildman–Crippen LogP) is 4.03. The Bertz CT molecular complexity index is 599. The third-order valence-corrected chi connectivity index (χ3v) is 4.82. The van der Waals surface area contributed by atoms with Crippen molar-refractivity contribution in [3.05, 3.63) is 29.8 Å². The fourth-order valence-corrected chi connectivity index (χ4v) is 3.47. The Balaban J connectivity index is 1.74. The molecule has 2 rings (SSSR count). The molecule has 0 unspecified atom stereocenters. The maximum atomic E-state index is 11.2. The summed E-state index contributed by atoms with van der Waals surface area (Å²) in [6, 6.07) is 8.13. The van der Waals surface area contributed by atoms with Crippen molar-refractivity contribution in [2.75, 3.05) is 17.7 Å². The Hall–Kier alpha value is -1.60. The monoisotopic (exact) mass is 337 g/mol. The third-order valence-electron chi connectivity index (χ3n) is 2.77. The molecular formula is C15H19N3O2S2. The zero-order valence-electron chi connectivity index (χ0n) is 12.7. The summed E-state index contributed by atoms with van der Waals surface area (Å²) in [7, 11) is 0. The van der Waals surface area contributed by atoms with Crippen LogP contribution in [0.2, 0.25) is 0 Å². The number of hydrogen-bond acceptors (Lipinski definition) is 7. The van der Waals surface area contributed by atoms with Crippen molar-refractivity contribution in [2.24, 2.45) is 0 Å². The molecule has 1 aromatic carbocycles. The van der Waals surface area contributed by atoms with Crippen LogP contribution >= 0.6 is 23.1 Å². The minimum Gasteiger partial charge on any atom is -0.466 e. The highest BCUT2D eigenvalue weighted by Gasteiger charge is 2.06. The molecule has 22 heavy (non-hydrogen) atoms. The maximum absolute atomic E-state index is 11.2. The van der Waals surface area contributed by atoms with Crippen LogP contribution < -0.4 is 5.32 Å². The molecule has 1 heterocycles. The van der Waals surface area contributed by atoms with Crippen molar-refractivity contribution < 1.29 is 9.53 Å². The molecule has 118 valence electrons. The number of anilines is 2. The highest BCUT2D eigenvalue weighted by Crippen LogP contribution is 2.28. The van der Waals surface area contributed by atoms with Crippen molar-refractivity contribution in [3.63, 3.8) is 0 Å². The van der Waals surface area contributed by atoms with Gasteiger partial charge in [0.25, 0.3) is 0 Å². The molecule has 0 atom stereocenters. The summed E-state index contributed by atoms with van der Waals surface area (Å²) in [5.41, 5.74) is 2.22. The zero-order chi connectivity index (χ0) is 15.8. The number of benzene rings is 1. The van der Waals surface area contributed by atoms with E-state index in [4.69, 9.17) is 4.74 Å². The van der Waals surface area contributed by atoms with Gasteiger partial charge >= 0.3 is 5.97 Å². The average molecular weight is 337 g/mol. The average Bonchev–Trinajstić information content (AvgIpc) is 2.94. The van der Waals surface area contributed by atoms with Crippen LogP contribution in [0.5, 0.6) is 0 Å². The van der Waals surface area contributed by atoms with Crippen LogP contribution in [0.4, 0.5) is 10.8 Å². The van der Waals surface area contributed by atoms with Crippen LogP contribution in [0, 0.1) is 6.92 Å². The summed E-state index contributed by atoms with van der Waals surface area (Å²) in [6.45, 7) is 4.31. The van der Waals surface area contributed by atoms with E-state index in [1.807, 2.05) is 19.1 Å². The van der Waals surface area contributed by atoms with E-state index >= 15 is 0 Å². The molecule has 0 aliphatic heterocycles. The molecule has 0 aliphatic rings. The van der Waals surface area contributed by atoms with Gasteiger partial charge in [0.15, 0.2) is 4.34 Å². The van der Waals surface area contributed by atoms with Gasteiger partial charge in [0.1, 0.15) is 0 Å². The van der Waals surface area contributed by atoms with E-state index in [2.05, 4.69) is 34.6 Å². The summed E-state index contributed by atoms with van der Waals surface area (Å²) in [5.74, 6) is 0.694. The van der Waals surface area contributed by atoms with Crippen LogP contribution in [0.25, 0.3) is 0 Å². The van der Waals surface area contributed by atoms with Crippen LogP contribution in [-0.4, -0.2) is 28.5 Å². The first kappa shape index (κ1) is 16.8. The predicted molar refractivity (Wildman–Crippen MR) is 91.0 cm³/mol. The van der Waals surface area contributed by atoms with E-state index in [0.717, 1.165) is 27.3 Å². The first-order chi connectivity index (χ1) is 10.7. The second kappa shape index (κ2) is 8.75. The lowest BCUT2D eigenvalue weighted by molar-refractivity contribution is -0.143. The topological polar surface area (TPSA) is 64.1 Å². The summed E-state index contributed by atoms with van der Waals surface area (Å²) in [5, 5.41) is 12.3. The second-order valence-corrected chi connectivity index (χ2v) is 6.94. The molecule has 0 radical (unpaired) electrons. The van der Waals surface area contributed by atoms with Crippen LogP contribution in [0.3, 0.4) is 0 Å². The molecular weight excluding hydrogens is 318 g/mol. The van der Waals surface area contributed by atoms with Crippen molar-refractivity contribution in [3.8, 4) is 0 Å². The Kier molecular flexibility index (Phi) is 6.67. The highest BCUT2D eigenvalue weighted by atomic mass is 32.2. The van der Waals surface area contributed by atoms with E-state index in [-0.39, 0.29) is 5.97 Å². The molecule has 0 saturated carbocycles. The molecule has 0 aliphatic carbocycles. The first-order valence-corrected chi connectivity index (χ1v) is 8.93. The normalized spacial score (nSPS) is 10.5. The quantitative estimate of drug-likeness (QED) is 0.446. The van der Waals surface area contributed by atoms with Gasteiger partial charge in [-0.3, -0.25) is 4.79 Å². The Morgan fingerprint density at radius 2 is 2.09 bits per heavy atom. The van der Waals surface area contributed by atoms with Gasteiger partial charge in [-0.15, -0.1) is 10.2 Å². The molecule has 0 amide bonds. The lowest BCUT2D eigenvalue weighted by Crippen LogP contribution is -2.03.